The number of oxazole rings is 1. The molecule has 134 valence electrons. The van der Waals surface area contributed by atoms with Crippen molar-refractivity contribution in [3.63, 3.8) is 0 Å². The van der Waals surface area contributed by atoms with Crippen LogP contribution in [0.1, 0.15) is 50.8 Å². The van der Waals surface area contributed by atoms with Crippen LogP contribution >= 0.6 is 0 Å². The van der Waals surface area contributed by atoms with Gasteiger partial charge >= 0.3 is 0 Å². The second-order valence-electron chi connectivity index (χ2n) is 7.48. The van der Waals surface area contributed by atoms with Crippen molar-refractivity contribution in [2.24, 2.45) is 5.92 Å². The minimum atomic E-state index is -0.295. The predicted molar refractivity (Wildman–Crippen MR) is 93.7 cm³/mol. The molecule has 0 aliphatic carbocycles. The minimum absolute atomic E-state index is 0.0106. The third-order valence-corrected chi connectivity index (χ3v) is 4.89. The molecule has 1 aromatic heterocycles. The first kappa shape index (κ1) is 17.6. The first-order valence-electron chi connectivity index (χ1n) is 8.86. The summed E-state index contributed by atoms with van der Waals surface area (Å²) in [5, 5.41) is 0. The number of hydrogen-bond donors (Lipinski definition) is 0. The van der Waals surface area contributed by atoms with Crippen molar-refractivity contribution in [2.75, 3.05) is 13.1 Å². The highest BCUT2D eigenvalue weighted by Crippen LogP contribution is 2.34. The molecule has 2 heterocycles. The molecule has 2 aromatic rings. The Morgan fingerprint density at radius 3 is 2.88 bits per heavy atom. The zero-order chi connectivity index (χ0) is 18.0. The summed E-state index contributed by atoms with van der Waals surface area (Å²) < 4.78 is 19.8. The van der Waals surface area contributed by atoms with Crippen LogP contribution in [0.5, 0.6) is 0 Å². The van der Waals surface area contributed by atoms with Crippen LogP contribution in [-0.4, -0.2) is 28.9 Å². The van der Waals surface area contributed by atoms with Crippen molar-refractivity contribution in [1.82, 2.24) is 9.88 Å². The van der Waals surface area contributed by atoms with Gasteiger partial charge in [0.15, 0.2) is 0 Å². The molecule has 0 radical (unpaired) electrons. The summed E-state index contributed by atoms with van der Waals surface area (Å²) in [6.45, 7) is 7.34. The molecular weight excluding hydrogens is 319 g/mol. The van der Waals surface area contributed by atoms with Crippen LogP contribution < -0.4 is 0 Å². The number of hydrogen-bond acceptors (Lipinski definition) is 3. The zero-order valence-electron chi connectivity index (χ0n) is 15.1. The van der Waals surface area contributed by atoms with Gasteiger partial charge in [-0.25, -0.2) is 9.37 Å². The Hall–Kier alpha value is -2.17. The van der Waals surface area contributed by atoms with Gasteiger partial charge in [0.25, 0.3) is 0 Å². The first-order chi connectivity index (χ1) is 11.9. The van der Waals surface area contributed by atoms with Gasteiger partial charge in [-0.05, 0) is 31.4 Å². The lowest BCUT2D eigenvalue weighted by Gasteiger charge is -2.39. The molecule has 0 N–H and O–H groups in total. The van der Waals surface area contributed by atoms with Crippen LogP contribution in [0.25, 0.3) is 0 Å². The summed E-state index contributed by atoms with van der Waals surface area (Å²) in [5.74, 6) is 1.21. The molecule has 1 amide bonds. The molecule has 1 aliphatic heterocycles. The van der Waals surface area contributed by atoms with Crippen molar-refractivity contribution >= 4 is 5.91 Å². The Bertz CT molecular complexity index is 756. The van der Waals surface area contributed by atoms with Gasteiger partial charge in [-0.3, -0.25) is 4.79 Å². The van der Waals surface area contributed by atoms with Gasteiger partial charge in [0.2, 0.25) is 11.8 Å². The fourth-order valence-electron chi connectivity index (χ4n) is 3.47. The Morgan fingerprint density at radius 2 is 2.16 bits per heavy atom. The van der Waals surface area contributed by atoms with E-state index in [-0.39, 0.29) is 23.1 Å². The number of likely N-dealkylation sites (tertiary alicyclic amines) is 1. The average molecular weight is 344 g/mol. The maximum atomic E-state index is 13.8. The van der Waals surface area contributed by atoms with Crippen molar-refractivity contribution in [2.45, 2.75) is 45.4 Å². The van der Waals surface area contributed by atoms with E-state index in [4.69, 9.17) is 4.42 Å². The molecule has 0 spiro atoms. The molecule has 1 saturated heterocycles. The second-order valence-corrected chi connectivity index (χ2v) is 7.48. The van der Waals surface area contributed by atoms with Crippen LogP contribution in [-0.2, 0) is 16.6 Å². The lowest BCUT2D eigenvalue weighted by molar-refractivity contribution is -0.136. The molecule has 1 unspecified atom stereocenters. The van der Waals surface area contributed by atoms with Crippen LogP contribution in [0, 0.1) is 11.7 Å². The summed E-state index contributed by atoms with van der Waals surface area (Å²) in [6.07, 6.45) is 3.91. The number of aromatic nitrogens is 1. The van der Waals surface area contributed by atoms with Crippen LogP contribution in [0.15, 0.2) is 34.9 Å². The lowest BCUT2D eigenvalue weighted by Crippen LogP contribution is -2.48. The normalized spacial score (nSPS) is 20.9. The zero-order valence-corrected chi connectivity index (χ0v) is 15.1. The van der Waals surface area contributed by atoms with Gasteiger partial charge in [-0.2, -0.15) is 0 Å². The molecule has 4 nitrogen and oxygen atoms in total. The Morgan fingerprint density at radius 1 is 1.40 bits per heavy atom. The van der Waals surface area contributed by atoms with Crippen LogP contribution in [0.3, 0.4) is 0 Å². The maximum absolute atomic E-state index is 13.8. The standard InChI is InChI=1S/C20H25FN2O2/c1-14(2)18(24)23-10-6-9-20(3,13-23)19-22-12-16(25-19)11-15-7-4-5-8-17(15)21/h4-5,7-8,12,14H,6,9-11,13H2,1-3H3. The molecule has 1 aromatic carbocycles. The molecule has 1 fully saturated rings. The number of carbonyl (C=O) groups excluding carboxylic acids is 1. The van der Waals surface area contributed by atoms with E-state index >= 15 is 0 Å². The van der Waals surface area contributed by atoms with Crippen molar-refractivity contribution in [3.8, 4) is 0 Å². The average Bonchev–Trinajstić information content (AvgIpc) is 3.06. The fourth-order valence-corrected chi connectivity index (χ4v) is 3.47. The minimum Gasteiger partial charge on any atom is -0.445 e. The SMILES string of the molecule is CC(C)C(=O)N1CCCC(C)(c2ncc(Cc3ccccc3F)o2)C1. The molecule has 0 bridgehead atoms. The van der Waals surface area contributed by atoms with Crippen LogP contribution in [0.4, 0.5) is 4.39 Å². The number of halogens is 1. The van der Waals surface area contributed by atoms with E-state index < -0.39 is 0 Å². The topological polar surface area (TPSA) is 46.3 Å². The van der Waals surface area contributed by atoms with Crippen molar-refractivity contribution in [3.05, 3.63) is 53.5 Å². The summed E-state index contributed by atoms with van der Waals surface area (Å²) in [4.78, 5) is 18.7. The van der Waals surface area contributed by atoms with Crippen molar-refractivity contribution < 1.29 is 13.6 Å². The van der Waals surface area contributed by atoms with E-state index in [1.165, 1.54) is 6.07 Å². The number of carbonyl (C=O) groups is 1. The lowest BCUT2D eigenvalue weighted by atomic mass is 9.81. The second kappa shape index (κ2) is 6.98. The Kier molecular flexibility index (Phi) is 4.93. The van der Waals surface area contributed by atoms with Gasteiger partial charge in [-0.1, -0.05) is 32.0 Å². The molecule has 0 saturated carbocycles. The van der Waals surface area contributed by atoms with E-state index in [1.807, 2.05) is 24.8 Å². The van der Waals surface area contributed by atoms with E-state index in [9.17, 15) is 9.18 Å². The quantitative estimate of drug-likeness (QED) is 0.844. The van der Waals surface area contributed by atoms with Gasteiger partial charge in [-0.15, -0.1) is 0 Å². The Balaban J connectivity index is 1.76. The molecule has 5 heteroatoms. The van der Waals surface area contributed by atoms with Gasteiger partial charge in [0.05, 0.1) is 11.6 Å². The maximum Gasteiger partial charge on any atom is 0.225 e. The number of amides is 1. The van der Waals surface area contributed by atoms with Gasteiger partial charge in [0, 0.05) is 25.4 Å². The highest BCUT2D eigenvalue weighted by Gasteiger charge is 2.38. The molecule has 25 heavy (non-hydrogen) atoms. The molecule has 3 rings (SSSR count). The van der Waals surface area contributed by atoms with E-state index in [2.05, 4.69) is 11.9 Å². The monoisotopic (exact) mass is 344 g/mol. The third kappa shape index (κ3) is 3.75. The highest BCUT2D eigenvalue weighted by atomic mass is 19.1. The van der Waals surface area contributed by atoms with Gasteiger partial charge in [0.1, 0.15) is 11.6 Å². The molecular formula is C20H25FN2O2. The summed E-state index contributed by atoms with van der Waals surface area (Å²) in [5.41, 5.74) is 0.298. The smallest absolute Gasteiger partial charge is 0.225 e. The van der Waals surface area contributed by atoms with E-state index in [0.717, 1.165) is 19.4 Å². The largest absolute Gasteiger partial charge is 0.445 e. The summed E-state index contributed by atoms with van der Waals surface area (Å²) in [6, 6.07) is 6.69. The molecule has 1 aliphatic rings. The highest BCUT2D eigenvalue weighted by molar-refractivity contribution is 5.78. The van der Waals surface area contributed by atoms with Gasteiger partial charge < -0.3 is 9.32 Å². The fraction of sp³-hybridized carbons (Fsp3) is 0.500. The summed E-state index contributed by atoms with van der Waals surface area (Å²) >= 11 is 0. The number of rotatable bonds is 4. The third-order valence-electron chi connectivity index (χ3n) is 4.89. The van der Waals surface area contributed by atoms with E-state index in [1.54, 1.807) is 18.3 Å². The predicted octanol–water partition coefficient (Wildman–Crippen LogP) is 3.94. The number of nitrogens with zero attached hydrogens (tertiary/aromatic N) is 2. The summed E-state index contributed by atoms with van der Waals surface area (Å²) in [7, 11) is 0. The number of piperidine rings is 1. The molecule has 1 atom stereocenters. The first-order valence-corrected chi connectivity index (χ1v) is 8.86. The Labute approximate surface area is 148 Å². The number of benzene rings is 1. The van der Waals surface area contributed by atoms with Crippen LogP contribution in [0.2, 0.25) is 0 Å². The van der Waals surface area contributed by atoms with Crippen molar-refractivity contribution in [1.29, 1.82) is 0 Å². The van der Waals surface area contributed by atoms with E-state index in [0.29, 0.717) is 30.2 Å².